The van der Waals surface area contributed by atoms with E-state index in [1.54, 1.807) is 19.1 Å². The maximum atomic E-state index is 13.3. The van der Waals surface area contributed by atoms with Crippen LogP contribution in [-0.4, -0.2) is 57.3 Å². The summed E-state index contributed by atoms with van der Waals surface area (Å²) in [6.45, 7) is 7.87. The van der Waals surface area contributed by atoms with Gasteiger partial charge in [-0.1, -0.05) is 50.1 Å². The van der Waals surface area contributed by atoms with Crippen LogP contribution in [0.5, 0.6) is 5.75 Å². The van der Waals surface area contributed by atoms with Gasteiger partial charge in [0.05, 0.1) is 31.6 Å². The van der Waals surface area contributed by atoms with Gasteiger partial charge >= 0.3 is 0 Å². The number of hydrogen-bond donors (Lipinski definition) is 1. The molecule has 2 heterocycles. The Balaban J connectivity index is 1.49. The zero-order valence-corrected chi connectivity index (χ0v) is 27.4. The zero-order chi connectivity index (χ0) is 30.2. The number of methoxy groups -OCH3 is 1. The molecule has 1 N–H and O–H groups in total. The summed E-state index contributed by atoms with van der Waals surface area (Å²) >= 11 is 7.98. The molecule has 0 aromatic heterocycles. The number of anilines is 1. The third kappa shape index (κ3) is 8.10. The molecule has 1 amide bonds. The van der Waals surface area contributed by atoms with Gasteiger partial charge in [-0.05, 0) is 104 Å². The largest absolute Gasteiger partial charge is 0.491 e. The molecule has 234 valence electrons. The molecule has 2 bridgehead atoms. The molecule has 43 heavy (non-hydrogen) atoms. The normalized spacial score (nSPS) is 26.8. The van der Waals surface area contributed by atoms with Gasteiger partial charge < -0.3 is 19.1 Å². The van der Waals surface area contributed by atoms with Crippen LogP contribution in [0.1, 0.15) is 79.8 Å². The molecular weight excluding hydrogens is 580 g/mol. The van der Waals surface area contributed by atoms with Gasteiger partial charge in [0, 0.05) is 42.0 Å². The Morgan fingerprint density at radius 2 is 1.98 bits per heavy atom. The van der Waals surface area contributed by atoms with E-state index in [1.165, 1.54) is 11.1 Å². The second-order valence-corrected chi connectivity index (χ2v) is 13.6. The van der Waals surface area contributed by atoms with Crippen molar-refractivity contribution in [3.05, 3.63) is 70.3 Å². The Morgan fingerprint density at radius 3 is 2.74 bits per heavy atom. The Kier molecular flexibility index (Phi) is 11.8. The number of amides is 1. The standard InChI is InChI=1S/C35H47ClN2O4S/c1-4-8-24-19-28(36)13-15-30(24)27-22-38-21-26-11-14-31(26)33(41-18-17-40-3)10-7-6-9-29(5-2)43-37-35(39)25-12-16-34(42-23-27)32(38)20-25/h7,10,12-13,15-16,19-20,26-27,29,31,33H,4-6,8-9,11,14,17-18,21-23H2,1-3H3,(H,37,39)/b10-7+. The SMILES string of the molecule is CCCc1cc(Cl)ccc1C1COc2ccc3cc2N(C1)CC1CCC1C(OCCOC)/C=C/CCC(CC)SNC3=O. The Hall–Kier alpha value is -2.19. The van der Waals surface area contributed by atoms with Crippen molar-refractivity contribution in [2.75, 3.05) is 44.9 Å². The minimum Gasteiger partial charge on any atom is -0.491 e. The van der Waals surface area contributed by atoms with Gasteiger partial charge in [0.25, 0.3) is 5.91 Å². The smallest absolute Gasteiger partial charge is 0.261 e. The molecule has 1 aliphatic carbocycles. The lowest BCUT2D eigenvalue weighted by molar-refractivity contribution is -0.0308. The van der Waals surface area contributed by atoms with Gasteiger partial charge in [0.1, 0.15) is 5.75 Å². The van der Waals surface area contributed by atoms with Crippen LogP contribution >= 0.6 is 23.5 Å². The summed E-state index contributed by atoms with van der Waals surface area (Å²) in [5, 5.41) is 1.13. The van der Waals surface area contributed by atoms with Crippen LogP contribution in [-0.2, 0) is 15.9 Å². The van der Waals surface area contributed by atoms with Crippen molar-refractivity contribution in [1.82, 2.24) is 4.72 Å². The maximum Gasteiger partial charge on any atom is 0.261 e. The molecule has 0 radical (unpaired) electrons. The molecule has 1 saturated carbocycles. The molecule has 5 rings (SSSR count). The first-order chi connectivity index (χ1) is 21.0. The fourth-order valence-corrected chi connectivity index (χ4v) is 7.64. The van der Waals surface area contributed by atoms with Crippen molar-refractivity contribution < 1.29 is 19.0 Å². The van der Waals surface area contributed by atoms with Crippen LogP contribution in [0.3, 0.4) is 0 Å². The Morgan fingerprint density at radius 1 is 1.09 bits per heavy atom. The molecule has 2 aromatic rings. The summed E-state index contributed by atoms with van der Waals surface area (Å²) in [6, 6.07) is 12.2. The van der Waals surface area contributed by atoms with Crippen molar-refractivity contribution in [3.63, 3.8) is 0 Å². The molecule has 3 aliphatic rings. The van der Waals surface area contributed by atoms with E-state index in [2.05, 4.69) is 47.8 Å². The van der Waals surface area contributed by atoms with E-state index in [0.717, 1.165) is 74.5 Å². The third-order valence-electron chi connectivity index (χ3n) is 9.21. The number of aryl methyl sites for hydroxylation is 1. The monoisotopic (exact) mass is 626 g/mol. The number of allylic oxidation sites excluding steroid dienone is 1. The van der Waals surface area contributed by atoms with E-state index in [4.69, 9.17) is 25.8 Å². The average molecular weight is 627 g/mol. The van der Waals surface area contributed by atoms with Gasteiger partial charge in [-0.15, -0.1) is 0 Å². The molecule has 5 atom stereocenters. The minimum atomic E-state index is -0.0503. The number of hydrogen-bond acceptors (Lipinski definition) is 6. The molecule has 0 spiro atoms. The molecule has 2 aromatic carbocycles. The lowest BCUT2D eigenvalue weighted by atomic mass is 9.70. The van der Waals surface area contributed by atoms with Crippen molar-refractivity contribution in [1.29, 1.82) is 0 Å². The highest BCUT2D eigenvalue weighted by atomic mass is 35.5. The predicted octanol–water partition coefficient (Wildman–Crippen LogP) is 7.84. The summed E-state index contributed by atoms with van der Waals surface area (Å²) in [7, 11) is 1.72. The minimum absolute atomic E-state index is 0.0503. The van der Waals surface area contributed by atoms with Crippen LogP contribution in [0.4, 0.5) is 5.69 Å². The van der Waals surface area contributed by atoms with Crippen LogP contribution < -0.4 is 14.4 Å². The van der Waals surface area contributed by atoms with Crippen LogP contribution in [0.25, 0.3) is 0 Å². The summed E-state index contributed by atoms with van der Waals surface area (Å²) in [6.07, 6.45) is 12.0. The second-order valence-electron chi connectivity index (χ2n) is 12.1. The summed E-state index contributed by atoms with van der Waals surface area (Å²) in [5.74, 6) is 1.90. The summed E-state index contributed by atoms with van der Waals surface area (Å²) < 4.78 is 21.4. The van der Waals surface area contributed by atoms with E-state index < -0.39 is 0 Å². The van der Waals surface area contributed by atoms with Crippen molar-refractivity contribution >= 4 is 35.1 Å². The van der Waals surface area contributed by atoms with Gasteiger partial charge in [0.2, 0.25) is 0 Å². The van der Waals surface area contributed by atoms with Crippen LogP contribution in [0.15, 0.2) is 48.6 Å². The van der Waals surface area contributed by atoms with Crippen molar-refractivity contribution in [3.8, 4) is 5.75 Å². The highest BCUT2D eigenvalue weighted by Crippen LogP contribution is 2.43. The van der Waals surface area contributed by atoms with Crippen LogP contribution in [0, 0.1) is 11.8 Å². The second kappa shape index (κ2) is 15.7. The molecule has 8 heteroatoms. The summed E-state index contributed by atoms with van der Waals surface area (Å²) in [5.41, 5.74) is 4.28. The molecule has 0 saturated heterocycles. The van der Waals surface area contributed by atoms with E-state index in [-0.39, 0.29) is 17.9 Å². The first-order valence-corrected chi connectivity index (χ1v) is 17.3. The number of nitrogens with zero attached hydrogens (tertiary/aromatic N) is 1. The average Bonchev–Trinajstić information content (AvgIpc) is 3.17. The number of nitrogens with one attached hydrogen (secondary N) is 1. The van der Waals surface area contributed by atoms with Gasteiger partial charge in [0.15, 0.2) is 0 Å². The van der Waals surface area contributed by atoms with Gasteiger partial charge in [-0.3, -0.25) is 9.52 Å². The highest BCUT2D eigenvalue weighted by Gasteiger charge is 2.39. The van der Waals surface area contributed by atoms with E-state index in [9.17, 15) is 4.79 Å². The fraction of sp³-hybridized carbons (Fsp3) is 0.571. The number of halogens is 1. The number of ether oxygens (including phenoxy) is 3. The Bertz CT molecular complexity index is 1260. The first kappa shape index (κ1) is 32.2. The van der Waals surface area contributed by atoms with Crippen molar-refractivity contribution in [2.45, 2.75) is 76.1 Å². The maximum absolute atomic E-state index is 13.3. The number of carbonyl (C=O) groups excluding carboxylic acids is 1. The number of fused-ring (bicyclic) bond motifs is 2. The molecule has 6 nitrogen and oxygen atoms in total. The lowest BCUT2D eigenvalue weighted by Gasteiger charge is -2.44. The quantitative estimate of drug-likeness (QED) is 0.183. The molecule has 5 unspecified atom stereocenters. The van der Waals surface area contributed by atoms with E-state index in [1.807, 2.05) is 24.3 Å². The first-order valence-electron chi connectivity index (χ1n) is 16.0. The van der Waals surface area contributed by atoms with Gasteiger partial charge in [-0.25, -0.2) is 0 Å². The fourth-order valence-electron chi connectivity index (χ4n) is 6.64. The number of rotatable bonds is 8. The lowest BCUT2D eigenvalue weighted by Crippen LogP contribution is -2.45. The molecule has 1 fully saturated rings. The summed E-state index contributed by atoms with van der Waals surface area (Å²) in [4.78, 5) is 15.8. The third-order valence-corrected chi connectivity index (χ3v) is 10.7. The Labute approximate surface area is 267 Å². The number of benzene rings is 2. The van der Waals surface area contributed by atoms with Crippen molar-refractivity contribution in [2.24, 2.45) is 11.8 Å². The topological polar surface area (TPSA) is 60.0 Å². The molecule has 2 aliphatic heterocycles. The van der Waals surface area contributed by atoms with E-state index in [0.29, 0.717) is 42.5 Å². The van der Waals surface area contributed by atoms with Gasteiger partial charge in [-0.2, -0.15) is 0 Å². The molecular formula is C35H47ClN2O4S. The van der Waals surface area contributed by atoms with Crippen LogP contribution in [0.2, 0.25) is 5.02 Å². The predicted molar refractivity (Wildman–Crippen MR) is 178 cm³/mol. The van der Waals surface area contributed by atoms with E-state index >= 15 is 0 Å². The number of carbonyl (C=O) groups is 1. The zero-order valence-electron chi connectivity index (χ0n) is 25.9. The highest BCUT2D eigenvalue weighted by molar-refractivity contribution is 7.98.